The average Bonchev–Trinajstić information content (AvgIpc) is 3.20. The van der Waals surface area contributed by atoms with E-state index in [4.69, 9.17) is 21.7 Å². The van der Waals surface area contributed by atoms with E-state index in [1.165, 1.54) is 38.5 Å². The molecule has 2 aromatic rings. The van der Waals surface area contributed by atoms with Gasteiger partial charge in [0.1, 0.15) is 5.92 Å². The van der Waals surface area contributed by atoms with Crippen LogP contribution in [0, 0.1) is 5.92 Å². The van der Waals surface area contributed by atoms with Crippen molar-refractivity contribution >= 4 is 34.5 Å². The van der Waals surface area contributed by atoms with E-state index in [-0.39, 0.29) is 16.2 Å². The quantitative estimate of drug-likeness (QED) is 0.481. The Bertz CT molecular complexity index is 920. The minimum Gasteiger partial charge on any atom is -0.493 e. The number of carbonyl (C=O) groups excluding carboxylic acids is 1. The number of methoxy groups -OCH3 is 2. The number of carbonyl (C=O) groups is 1. The first-order chi connectivity index (χ1) is 13.6. The van der Waals surface area contributed by atoms with E-state index in [0.717, 1.165) is 11.3 Å². The number of hydrogen-bond acceptors (Lipinski definition) is 6. The molecule has 3 N–H and O–H groups in total. The summed E-state index contributed by atoms with van der Waals surface area (Å²) in [6.07, 6.45) is -5.18. The molecule has 156 valence electrons. The van der Waals surface area contributed by atoms with E-state index in [2.05, 4.69) is 5.32 Å². The number of Topliss-reactive ketones (excluding diaryl/α,β-unsaturated/α-hetero) is 1. The highest BCUT2D eigenvalue weighted by atomic mass is 32.1. The number of benzene rings is 1. The zero-order valence-electron chi connectivity index (χ0n) is 15.2. The molecular formula is C18H17F3N2O4S2. The Balaban J connectivity index is 2.17. The third kappa shape index (κ3) is 3.77. The van der Waals surface area contributed by atoms with E-state index in [1.807, 2.05) is 5.32 Å². The monoisotopic (exact) mass is 446 g/mol. The molecule has 0 radical (unpaired) electrons. The number of hydrogen-bond donors (Lipinski definition) is 3. The summed E-state index contributed by atoms with van der Waals surface area (Å²) in [4.78, 5) is 13.1. The maximum Gasteiger partial charge on any atom is 0.437 e. The Morgan fingerprint density at radius 1 is 1.24 bits per heavy atom. The molecule has 0 amide bonds. The Labute approximate surface area is 173 Å². The van der Waals surface area contributed by atoms with Crippen molar-refractivity contribution in [3.05, 3.63) is 46.2 Å². The largest absolute Gasteiger partial charge is 0.493 e. The summed E-state index contributed by atoms with van der Waals surface area (Å²) in [6.45, 7) is 0. The van der Waals surface area contributed by atoms with Crippen molar-refractivity contribution < 1.29 is 32.5 Å². The molecule has 3 rings (SSSR count). The first kappa shape index (κ1) is 21.3. The van der Waals surface area contributed by atoms with E-state index in [1.54, 1.807) is 11.4 Å². The summed E-state index contributed by atoms with van der Waals surface area (Å²) in [5.74, 6) is -2.21. The van der Waals surface area contributed by atoms with E-state index in [0.29, 0.717) is 5.75 Å². The van der Waals surface area contributed by atoms with Crippen molar-refractivity contribution in [2.24, 2.45) is 5.92 Å². The van der Waals surface area contributed by atoms with Gasteiger partial charge in [-0.15, -0.1) is 11.3 Å². The third-order valence-electron chi connectivity index (χ3n) is 4.62. The van der Waals surface area contributed by atoms with Crippen LogP contribution in [0.4, 0.5) is 13.2 Å². The first-order valence-electron chi connectivity index (χ1n) is 8.29. The van der Waals surface area contributed by atoms with Gasteiger partial charge in [0.2, 0.25) is 5.72 Å². The lowest BCUT2D eigenvalue weighted by atomic mass is 9.78. The van der Waals surface area contributed by atoms with Gasteiger partial charge in [0.05, 0.1) is 25.1 Å². The molecule has 29 heavy (non-hydrogen) atoms. The topological polar surface area (TPSA) is 79.8 Å². The van der Waals surface area contributed by atoms with Gasteiger partial charge >= 0.3 is 6.18 Å². The molecule has 1 aromatic carbocycles. The van der Waals surface area contributed by atoms with Gasteiger partial charge in [-0.05, 0) is 41.4 Å². The lowest BCUT2D eigenvalue weighted by Gasteiger charge is -2.46. The fraction of sp³-hybridized carbons (Fsp3) is 0.333. The van der Waals surface area contributed by atoms with E-state index in [9.17, 15) is 23.1 Å². The van der Waals surface area contributed by atoms with Crippen LogP contribution in [-0.4, -0.2) is 42.1 Å². The van der Waals surface area contributed by atoms with Crippen LogP contribution >= 0.6 is 23.6 Å². The lowest BCUT2D eigenvalue weighted by Crippen LogP contribution is -2.72. The number of rotatable bonds is 5. The fourth-order valence-corrected chi connectivity index (χ4v) is 4.22. The van der Waals surface area contributed by atoms with Gasteiger partial charge in [0.25, 0.3) is 0 Å². The van der Waals surface area contributed by atoms with E-state index < -0.39 is 34.8 Å². The van der Waals surface area contributed by atoms with Gasteiger partial charge in [0, 0.05) is 0 Å². The van der Waals surface area contributed by atoms with Crippen molar-refractivity contribution in [2.75, 3.05) is 14.2 Å². The normalized spacial score (nSPS) is 24.4. The summed E-state index contributed by atoms with van der Waals surface area (Å²) in [5.41, 5.74) is -3.29. The van der Waals surface area contributed by atoms with Crippen LogP contribution in [0.1, 0.15) is 21.3 Å². The van der Waals surface area contributed by atoms with Gasteiger partial charge in [-0.3, -0.25) is 4.79 Å². The Morgan fingerprint density at radius 3 is 2.48 bits per heavy atom. The summed E-state index contributed by atoms with van der Waals surface area (Å²) < 4.78 is 52.1. The molecule has 0 aliphatic carbocycles. The molecule has 1 aliphatic heterocycles. The summed E-state index contributed by atoms with van der Waals surface area (Å²) in [7, 11) is 2.80. The van der Waals surface area contributed by atoms with Crippen LogP contribution in [0.25, 0.3) is 0 Å². The number of alkyl halides is 3. The molecule has 1 aliphatic rings. The van der Waals surface area contributed by atoms with Gasteiger partial charge in [-0.2, -0.15) is 13.2 Å². The SMILES string of the molecule is COc1ccc([C@@H]2NC(=S)N[C@@](O)(C(F)(F)F)[C@@H]2C(=O)c2cccs2)cc1OC. The highest BCUT2D eigenvalue weighted by Gasteiger charge is 2.65. The number of halogens is 3. The molecule has 0 bridgehead atoms. The molecule has 1 fully saturated rings. The minimum absolute atomic E-state index is 0.0829. The number of thiophene rings is 1. The average molecular weight is 446 g/mol. The summed E-state index contributed by atoms with van der Waals surface area (Å²) in [6, 6.07) is 6.10. The molecule has 0 unspecified atom stereocenters. The lowest BCUT2D eigenvalue weighted by molar-refractivity contribution is -0.285. The van der Waals surface area contributed by atoms with Crippen LogP contribution in [0.3, 0.4) is 0 Å². The van der Waals surface area contributed by atoms with Gasteiger partial charge < -0.3 is 25.2 Å². The smallest absolute Gasteiger partial charge is 0.437 e. The molecule has 11 heteroatoms. The Morgan fingerprint density at radius 2 is 1.93 bits per heavy atom. The second-order valence-electron chi connectivity index (χ2n) is 6.27. The van der Waals surface area contributed by atoms with Crippen molar-refractivity contribution in [1.82, 2.24) is 10.6 Å². The Hall–Kier alpha value is -2.37. The molecule has 1 saturated heterocycles. The van der Waals surface area contributed by atoms with Crippen LogP contribution < -0.4 is 20.1 Å². The fourth-order valence-electron chi connectivity index (χ4n) is 3.24. The molecule has 6 nitrogen and oxygen atoms in total. The molecular weight excluding hydrogens is 429 g/mol. The maximum atomic E-state index is 13.9. The number of aliphatic hydroxyl groups is 1. The predicted molar refractivity (Wildman–Crippen MR) is 104 cm³/mol. The molecule has 2 heterocycles. The Kier molecular flexibility index (Phi) is 5.74. The second-order valence-corrected chi connectivity index (χ2v) is 7.63. The number of ketones is 1. The first-order valence-corrected chi connectivity index (χ1v) is 9.58. The van der Waals surface area contributed by atoms with Crippen LogP contribution in [-0.2, 0) is 0 Å². The van der Waals surface area contributed by atoms with Crippen molar-refractivity contribution in [1.29, 1.82) is 0 Å². The van der Waals surface area contributed by atoms with Gasteiger partial charge in [-0.25, -0.2) is 0 Å². The number of thiocarbonyl (C=S) groups is 1. The van der Waals surface area contributed by atoms with E-state index >= 15 is 0 Å². The van der Waals surface area contributed by atoms with Crippen molar-refractivity contribution in [2.45, 2.75) is 17.9 Å². The third-order valence-corrected chi connectivity index (χ3v) is 5.72. The number of nitrogens with one attached hydrogen (secondary N) is 2. The zero-order chi connectivity index (χ0) is 21.4. The number of ether oxygens (including phenoxy) is 2. The van der Waals surface area contributed by atoms with Crippen LogP contribution in [0.2, 0.25) is 0 Å². The summed E-state index contributed by atoms with van der Waals surface area (Å²) >= 11 is 5.89. The van der Waals surface area contributed by atoms with Gasteiger partial charge in [0.15, 0.2) is 22.4 Å². The van der Waals surface area contributed by atoms with Crippen LogP contribution in [0.15, 0.2) is 35.7 Å². The highest BCUT2D eigenvalue weighted by Crippen LogP contribution is 2.45. The molecule has 1 aromatic heterocycles. The zero-order valence-corrected chi connectivity index (χ0v) is 16.9. The van der Waals surface area contributed by atoms with Crippen molar-refractivity contribution in [3.8, 4) is 11.5 Å². The van der Waals surface area contributed by atoms with Gasteiger partial charge in [-0.1, -0.05) is 12.1 Å². The maximum absolute atomic E-state index is 13.9. The summed E-state index contributed by atoms with van der Waals surface area (Å²) in [5, 5.41) is 16.3. The van der Waals surface area contributed by atoms with Crippen molar-refractivity contribution in [3.63, 3.8) is 0 Å². The molecule has 3 atom stereocenters. The standard InChI is InChI=1S/C18H17F3N2O4S2/c1-26-10-6-5-9(8-11(10)27-2)14-13(15(24)12-4-3-7-29-12)17(25,18(19,20)21)23-16(28)22-14/h3-8,13-14,25H,1-2H3,(H2,22,23,28)/t13-,14-,17-/m0/s1. The molecule has 0 spiro atoms. The minimum atomic E-state index is -5.18. The second kappa shape index (κ2) is 7.81. The predicted octanol–water partition coefficient (Wildman–Crippen LogP) is 3.03. The van der Waals surface area contributed by atoms with Crippen LogP contribution in [0.5, 0.6) is 11.5 Å². The molecule has 0 saturated carbocycles. The highest BCUT2D eigenvalue weighted by molar-refractivity contribution is 7.80.